The van der Waals surface area contributed by atoms with E-state index in [-0.39, 0.29) is 18.1 Å². The van der Waals surface area contributed by atoms with E-state index in [1.807, 2.05) is 18.2 Å². The van der Waals surface area contributed by atoms with Crippen LogP contribution in [0.3, 0.4) is 0 Å². The molecule has 3 heterocycles. The van der Waals surface area contributed by atoms with Crippen LogP contribution in [-0.2, 0) is 24.3 Å². The Balaban J connectivity index is 1.61. The molecule has 4 rings (SSSR count). The molecule has 6 nitrogen and oxygen atoms in total. The number of hydrogen-bond acceptors (Lipinski definition) is 4. The predicted octanol–water partition coefficient (Wildman–Crippen LogP) is 2.95. The molecule has 0 bridgehead atoms. The summed E-state index contributed by atoms with van der Waals surface area (Å²) in [6.45, 7) is 1.29. The van der Waals surface area contributed by atoms with Gasteiger partial charge in [0.15, 0.2) is 0 Å². The Kier molecular flexibility index (Phi) is 5.09. The summed E-state index contributed by atoms with van der Waals surface area (Å²) < 4.78 is 3.05. The first-order valence-electron chi connectivity index (χ1n) is 9.03. The largest absolute Gasteiger partial charge is 0.346 e. The maximum absolute atomic E-state index is 13.0. The van der Waals surface area contributed by atoms with Crippen molar-refractivity contribution in [1.82, 2.24) is 14.3 Å². The fraction of sp³-hybridized carbons (Fsp3) is 0.500. The summed E-state index contributed by atoms with van der Waals surface area (Å²) in [5.74, 6) is 1.64. The van der Waals surface area contributed by atoms with Gasteiger partial charge in [-0.2, -0.15) is 5.10 Å². The van der Waals surface area contributed by atoms with Gasteiger partial charge >= 0.3 is 5.69 Å². The van der Waals surface area contributed by atoms with Crippen molar-refractivity contribution in [2.75, 3.05) is 17.2 Å². The lowest BCUT2D eigenvalue weighted by atomic mass is 10.2. The van der Waals surface area contributed by atoms with Crippen LogP contribution in [0.5, 0.6) is 0 Å². The van der Waals surface area contributed by atoms with E-state index < -0.39 is 0 Å². The van der Waals surface area contributed by atoms with Crippen LogP contribution in [-0.4, -0.2) is 32.6 Å². The van der Waals surface area contributed by atoms with Crippen LogP contribution in [0.25, 0.3) is 0 Å². The van der Waals surface area contributed by atoms with Crippen molar-refractivity contribution in [3.05, 3.63) is 39.5 Å². The Bertz CT molecular complexity index is 892. The number of hydrogen-bond donors (Lipinski definition) is 0. The third-order valence-electron chi connectivity index (χ3n) is 4.86. The van der Waals surface area contributed by atoms with E-state index in [1.54, 1.807) is 21.2 Å². The highest BCUT2D eigenvalue weighted by atomic mass is 35.5. The van der Waals surface area contributed by atoms with Gasteiger partial charge in [0.1, 0.15) is 12.4 Å². The van der Waals surface area contributed by atoms with Crippen LogP contribution in [0.15, 0.2) is 27.9 Å². The SMILES string of the molecule is O=C(Cn1nc2n(c1=O)CCCCC2)N1CCCSc2ccc(Cl)cc21. The van der Waals surface area contributed by atoms with Gasteiger partial charge in [0.25, 0.3) is 0 Å². The smallest absolute Gasteiger partial charge is 0.310 e. The van der Waals surface area contributed by atoms with Gasteiger partial charge in [0.05, 0.1) is 5.69 Å². The van der Waals surface area contributed by atoms with Crippen molar-refractivity contribution in [3.63, 3.8) is 0 Å². The molecule has 0 fully saturated rings. The number of aryl methyl sites for hydroxylation is 1. The number of anilines is 1. The highest BCUT2D eigenvalue weighted by Gasteiger charge is 2.24. The van der Waals surface area contributed by atoms with Crippen LogP contribution in [0.4, 0.5) is 5.69 Å². The molecule has 0 radical (unpaired) electrons. The zero-order valence-electron chi connectivity index (χ0n) is 14.5. The quantitative estimate of drug-likeness (QED) is 0.788. The van der Waals surface area contributed by atoms with Gasteiger partial charge in [-0.3, -0.25) is 9.36 Å². The van der Waals surface area contributed by atoms with E-state index in [9.17, 15) is 9.59 Å². The van der Waals surface area contributed by atoms with Crippen LogP contribution in [0, 0.1) is 0 Å². The molecule has 2 aliphatic rings. The lowest BCUT2D eigenvalue weighted by molar-refractivity contribution is -0.119. The fourth-order valence-corrected chi connectivity index (χ4v) is 4.69. The number of amides is 1. The number of fused-ring (bicyclic) bond motifs is 2. The Morgan fingerprint density at radius 3 is 2.96 bits per heavy atom. The third-order valence-corrected chi connectivity index (χ3v) is 6.25. The van der Waals surface area contributed by atoms with Crippen LogP contribution >= 0.6 is 23.4 Å². The summed E-state index contributed by atoms with van der Waals surface area (Å²) in [5, 5.41) is 5.04. The zero-order valence-corrected chi connectivity index (χ0v) is 16.1. The number of aromatic nitrogens is 3. The second-order valence-corrected chi connectivity index (χ2v) is 8.25. The minimum Gasteiger partial charge on any atom is -0.310 e. The molecular weight excluding hydrogens is 372 g/mol. The normalized spacial score (nSPS) is 17.2. The number of rotatable bonds is 2. The molecule has 1 aromatic carbocycles. The molecule has 2 aliphatic heterocycles. The summed E-state index contributed by atoms with van der Waals surface area (Å²) in [7, 11) is 0. The van der Waals surface area contributed by atoms with E-state index in [2.05, 4.69) is 5.10 Å². The summed E-state index contributed by atoms with van der Waals surface area (Å²) in [6, 6.07) is 5.63. The first-order valence-corrected chi connectivity index (χ1v) is 10.4. The molecule has 0 atom stereocenters. The Morgan fingerprint density at radius 1 is 1.19 bits per heavy atom. The van der Waals surface area contributed by atoms with E-state index in [4.69, 9.17) is 11.6 Å². The number of carbonyl (C=O) groups excluding carboxylic acids is 1. The molecule has 0 saturated carbocycles. The second kappa shape index (κ2) is 7.48. The molecule has 26 heavy (non-hydrogen) atoms. The number of carbonyl (C=O) groups is 1. The molecule has 1 aromatic heterocycles. The first-order chi connectivity index (χ1) is 12.6. The Morgan fingerprint density at radius 2 is 2.08 bits per heavy atom. The molecule has 2 aromatic rings. The summed E-state index contributed by atoms with van der Waals surface area (Å²) in [6.07, 6.45) is 4.85. The molecule has 0 spiro atoms. The number of benzene rings is 1. The summed E-state index contributed by atoms with van der Waals surface area (Å²) in [5.41, 5.74) is 0.657. The molecular formula is C18H21ClN4O2S. The van der Waals surface area contributed by atoms with Gasteiger partial charge < -0.3 is 4.90 Å². The maximum Gasteiger partial charge on any atom is 0.346 e. The Labute approximate surface area is 161 Å². The van der Waals surface area contributed by atoms with Crippen molar-refractivity contribution in [1.29, 1.82) is 0 Å². The topological polar surface area (TPSA) is 60.1 Å². The average molecular weight is 393 g/mol. The standard InChI is InChI=1S/C18H21ClN4O2S/c19-13-6-7-15-14(11-13)21(9-4-10-26-15)17(24)12-23-18(25)22-8-3-1-2-5-16(22)20-23/h6-7,11H,1-5,8-10,12H2. The average Bonchev–Trinajstić information content (AvgIpc) is 2.84. The van der Waals surface area contributed by atoms with Gasteiger partial charge in [0, 0.05) is 29.4 Å². The van der Waals surface area contributed by atoms with Crippen LogP contribution in [0.1, 0.15) is 31.5 Å². The van der Waals surface area contributed by atoms with Crippen molar-refractivity contribution >= 4 is 35.0 Å². The van der Waals surface area contributed by atoms with Gasteiger partial charge in [-0.25, -0.2) is 9.48 Å². The zero-order chi connectivity index (χ0) is 18.1. The molecule has 1 amide bonds. The second-order valence-electron chi connectivity index (χ2n) is 6.68. The van der Waals surface area contributed by atoms with Gasteiger partial charge in [-0.15, -0.1) is 11.8 Å². The number of halogens is 1. The van der Waals surface area contributed by atoms with Gasteiger partial charge in [-0.05, 0) is 43.2 Å². The van der Waals surface area contributed by atoms with Crippen molar-refractivity contribution in [2.24, 2.45) is 0 Å². The molecule has 0 aliphatic carbocycles. The number of thioether (sulfide) groups is 1. The van der Waals surface area contributed by atoms with Gasteiger partial charge in [0.2, 0.25) is 5.91 Å². The molecule has 0 N–H and O–H groups in total. The van der Waals surface area contributed by atoms with Gasteiger partial charge in [-0.1, -0.05) is 18.0 Å². The maximum atomic E-state index is 13.0. The molecule has 0 unspecified atom stereocenters. The van der Waals surface area contributed by atoms with E-state index in [1.165, 1.54) is 4.68 Å². The van der Waals surface area contributed by atoms with Crippen LogP contribution < -0.4 is 10.6 Å². The van der Waals surface area contributed by atoms with Crippen molar-refractivity contribution in [3.8, 4) is 0 Å². The third kappa shape index (κ3) is 3.42. The Hall–Kier alpha value is -1.73. The summed E-state index contributed by atoms with van der Waals surface area (Å²) in [4.78, 5) is 28.4. The van der Waals surface area contributed by atoms with Crippen molar-refractivity contribution in [2.45, 2.75) is 50.1 Å². The van der Waals surface area contributed by atoms with E-state index >= 15 is 0 Å². The molecule has 0 saturated heterocycles. The molecule has 138 valence electrons. The van der Waals surface area contributed by atoms with Crippen molar-refractivity contribution < 1.29 is 4.79 Å². The van der Waals surface area contributed by atoms with Crippen LogP contribution in [0.2, 0.25) is 5.02 Å². The highest BCUT2D eigenvalue weighted by Crippen LogP contribution is 2.35. The lowest BCUT2D eigenvalue weighted by Crippen LogP contribution is -2.38. The van der Waals surface area contributed by atoms with E-state index in [0.717, 1.165) is 54.3 Å². The minimum absolute atomic E-state index is 0.0323. The molecule has 8 heteroatoms. The fourth-order valence-electron chi connectivity index (χ4n) is 3.55. The minimum atomic E-state index is -0.175. The lowest BCUT2D eigenvalue weighted by Gasteiger charge is -2.22. The monoisotopic (exact) mass is 392 g/mol. The summed E-state index contributed by atoms with van der Waals surface area (Å²) >= 11 is 7.88. The van der Waals surface area contributed by atoms with E-state index in [0.29, 0.717) is 18.1 Å². The predicted molar refractivity (Wildman–Crippen MR) is 103 cm³/mol. The first kappa shape index (κ1) is 17.7. The number of nitrogens with zero attached hydrogens (tertiary/aromatic N) is 4. The highest BCUT2D eigenvalue weighted by molar-refractivity contribution is 7.99.